The van der Waals surface area contributed by atoms with E-state index in [4.69, 9.17) is 14.4 Å². The summed E-state index contributed by atoms with van der Waals surface area (Å²) in [5.41, 5.74) is 10.5. The Morgan fingerprint density at radius 2 is 1.13 bits per heavy atom. The summed E-state index contributed by atoms with van der Waals surface area (Å²) in [6, 6.07) is 51.9. The van der Waals surface area contributed by atoms with E-state index in [1.54, 1.807) is 11.3 Å². The van der Waals surface area contributed by atoms with Crippen molar-refractivity contribution in [3.05, 3.63) is 146 Å². The van der Waals surface area contributed by atoms with Crippen LogP contribution >= 0.6 is 11.3 Å². The van der Waals surface area contributed by atoms with Crippen LogP contribution in [0, 0.1) is 0 Å². The molecule has 0 N–H and O–H groups in total. The van der Waals surface area contributed by atoms with E-state index < -0.39 is 0 Å². The minimum atomic E-state index is 0.656. The van der Waals surface area contributed by atoms with Crippen molar-refractivity contribution in [2.45, 2.75) is 0 Å². The lowest BCUT2D eigenvalue weighted by molar-refractivity contribution is 0.669. The average Bonchev–Trinajstić information content (AvgIpc) is 4.00. The maximum atomic E-state index is 6.37. The molecule has 0 atom stereocenters. The Balaban J connectivity index is 1.20. The van der Waals surface area contributed by atoms with Crippen molar-refractivity contribution in [1.82, 2.24) is 18.9 Å². The fourth-order valence-corrected chi connectivity index (χ4v) is 10.2. The zero-order valence-electron chi connectivity index (χ0n) is 27.5. The Hall–Kier alpha value is -6.76. The van der Waals surface area contributed by atoms with Crippen LogP contribution in [0.4, 0.5) is 0 Å². The van der Waals surface area contributed by atoms with Gasteiger partial charge in [-0.05, 0) is 42.5 Å². The molecule has 13 rings (SSSR count). The highest BCUT2D eigenvalue weighted by molar-refractivity contribution is 7.26. The molecule has 240 valence electrons. The van der Waals surface area contributed by atoms with Gasteiger partial charge >= 0.3 is 0 Å². The molecule has 52 heavy (non-hydrogen) atoms. The van der Waals surface area contributed by atoms with Crippen LogP contribution in [0.2, 0.25) is 0 Å². The van der Waals surface area contributed by atoms with Crippen molar-refractivity contribution in [3.8, 4) is 17.2 Å². The maximum Gasteiger partial charge on any atom is 0.235 e. The molecule has 0 radical (unpaired) electrons. The molecule has 0 saturated heterocycles. The van der Waals surface area contributed by atoms with E-state index in [2.05, 4.69) is 142 Å². The number of hydrogen-bond acceptors (Lipinski definition) is 4. The first-order chi connectivity index (χ1) is 25.8. The summed E-state index contributed by atoms with van der Waals surface area (Å²) in [6.45, 7) is 0. The van der Waals surface area contributed by atoms with E-state index in [0.29, 0.717) is 5.95 Å². The van der Waals surface area contributed by atoms with Gasteiger partial charge in [-0.3, -0.25) is 4.57 Å². The first kappa shape index (κ1) is 27.0. The Bertz CT molecular complexity index is 3660. The Morgan fingerprint density at radius 1 is 0.462 bits per heavy atom. The average molecular weight is 681 g/mol. The van der Waals surface area contributed by atoms with Crippen molar-refractivity contribution in [1.29, 1.82) is 0 Å². The van der Waals surface area contributed by atoms with Crippen LogP contribution in [0.25, 0.3) is 119 Å². The summed E-state index contributed by atoms with van der Waals surface area (Å²) >= 11 is 1.75. The minimum absolute atomic E-state index is 0.656. The topological polar surface area (TPSA) is 48.3 Å². The number of fused-ring (bicyclic) bond motifs is 16. The molecule has 7 aromatic carbocycles. The first-order valence-corrected chi connectivity index (χ1v) is 18.3. The van der Waals surface area contributed by atoms with Gasteiger partial charge in [-0.25, -0.2) is 9.97 Å². The molecule has 0 amide bonds. The summed E-state index contributed by atoms with van der Waals surface area (Å²) in [6.07, 6.45) is 0. The van der Waals surface area contributed by atoms with E-state index in [9.17, 15) is 0 Å². The third-order valence-corrected chi connectivity index (χ3v) is 12.3. The zero-order chi connectivity index (χ0) is 33.7. The van der Waals surface area contributed by atoms with Crippen molar-refractivity contribution in [2.75, 3.05) is 0 Å². The summed E-state index contributed by atoms with van der Waals surface area (Å²) < 4.78 is 13.4. The molecule has 0 spiro atoms. The lowest BCUT2D eigenvalue weighted by Crippen LogP contribution is -2.02. The van der Waals surface area contributed by atoms with Crippen LogP contribution in [0.15, 0.2) is 150 Å². The van der Waals surface area contributed by atoms with Gasteiger partial charge in [-0.15, -0.1) is 11.3 Å². The van der Waals surface area contributed by atoms with E-state index >= 15 is 0 Å². The normalized spacial score (nSPS) is 12.6. The summed E-state index contributed by atoms with van der Waals surface area (Å²) in [4.78, 5) is 11.0. The molecule has 0 unspecified atom stereocenters. The fraction of sp³-hybridized carbons (Fsp3) is 0. The third kappa shape index (κ3) is 3.24. The number of rotatable bonds is 2. The van der Waals surface area contributed by atoms with E-state index in [-0.39, 0.29) is 0 Å². The van der Waals surface area contributed by atoms with E-state index in [1.165, 1.54) is 53.6 Å². The summed E-state index contributed by atoms with van der Waals surface area (Å²) in [7, 11) is 0. The molecule has 5 nitrogen and oxygen atoms in total. The zero-order valence-corrected chi connectivity index (χ0v) is 28.3. The molecular weight excluding hydrogens is 657 g/mol. The smallest absolute Gasteiger partial charge is 0.235 e. The molecule has 0 aliphatic heterocycles. The molecule has 6 heterocycles. The second-order valence-electron chi connectivity index (χ2n) is 13.7. The quantitative estimate of drug-likeness (QED) is 0.183. The Morgan fingerprint density at radius 3 is 2.06 bits per heavy atom. The standard InChI is InChI=1S/C46H24N4OS/c1-5-18-32-25(11-1)26-15-9-17-31-41-34(49(32)44(26)31)23-24-35-40(41)27-12-2-6-19-33(27)50(35)46-47-42-29-14-4-8-22-38(29)52-45(42)43(48-46)30-16-10-21-37-39(30)28-13-3-7-20-36(28)51-37/h1-24H. The highest BCUT2D eigenvalue weighted by Gasteiger charge is 2.25. The number of benzene rings is 7. The maximum absolute atomic E-state index is 6.37. The fourth-order valence-electron chi connectivity index (χ4n) is 9.03. The number of aromatic nitrogens is 4. The lowest BCUT2D eigenvalue weighted by Gasteiger charge is -2.11. The molecule has 0 aliphatic carbocycles. The minimum Gasteiger partial charge on any atom is -0.456 e. The molecule has 13 aromatic rings. The second kappa shape index (κ2) is 9.51. The predicted molar refractivity (Wildman–Crippen MR) is 217 cm³/mol. The third-order valence-electron chi connectivity index (χ3n) is 11.1. The van der Waals surface area contributed by atoms with E-state index in [0.717, 1.165) is 59.8 Å². The Kier molecular flexibility index (Phi) is 4.94. The molecule has 0 bridgehead atoms. The highest BCUT2D eigenvalue weighted by Crippen LogP contribution is 2.46. The molecule has 6 aromatic heterocycles. The molecule has 0 fully saturated rings. The van der Waals surface area contributed by atoms with Crippen LogP contribution < -0.4 is 0 Å². The molecule has 6 heteroatoms. The molecular formula is C46H24N4OS. The van der Waals surface area contributed by atoms with Gasteiger partial charge in [-0.2, -0.15) is 0 Å². The summed E-state index contributed by atoms with van der Waals surface area (Å²) in [5.74, 6) is 0.656. The number of para-hydroxylation sites is 4. The van der Waals surface area contributed by atoms with Gasteiger partial charge in [0.2, 0.25) is 5.95 Å². The largest absolute Gasteiger partial charge is 0.456 e. The lowest BCUT2D eigenvalue weighted by atomic mass is 10.0. The van der Waals surface area contributed by atoms with Crippen LogP contribution in [-0.2, 0) is 0 Å². The van der Waals surface area contributed by atoms with E-state index in [1.807, 2.05) is 12.1 Å². The van der Waals surface area contributed by atoms with Crippen molar-refractivity contribution < 1.29 is 4.42 Å². The molecule has 0 saturated carbocycles. The molecule has 0 aliphatic rings. The Labute approximate surface area is 298 Å². The second-order valence-corrected chi connectivity index (χ2v) is 14.7. The van der Waals surface area contributed by atoms with Gasteiger partial charge in [0.05, 0.1) is 43.5 Å². The monoisotopic (exact) mass is 680 g/mol. The number of thiophene rings is 1. The van der Waals surface area contributed by atoms with Gasteiger partial charge in [0, 0.05) is 58.7 Å². The first-order valence-electron chi connectivity index (χ1n) is 17.5. The van der Waals surface area contributed by atoms with Gasteiger partial charge in [0.15, 0.2) is 0 Å². The predicted octanol–water partition coefficient (Wildman–Crippen LogP) is 12.7. The number of nitrogens with zero attached hydrogens (tertiary/aromatic N) is 4. The van der Waals surface area contributed by atoms with Crippen LogP contribution in [-0.4, -0.2) is 18.9 Å². The van der Waals surface area contributed by atoms with Gasteiger partial charge < -0.3 is 8.82 Å². The van der Waals surface area contributed by atoms with Crippen LogP contribution in [0.5, 0.6) is 0 Å². The highest BCUT2D eigenvalue weighted by atomic mass is 32.1. The van der Waals surface area contributed by atoms with Crippen molar-refractivity contribution >= 4 is 113 Å². The van der Waals surface area contributed by atoms with Gasteiger partial charge in [0.25, 0.3) is 0 Å². The summed E-state index contributed by atoms with van der Waals surface area (Å²) in [5, 5.41) is 10.8. The van der Waals surface area contributed by atoms with Crippen LogP contribution in [0.1, 0.15) is 0 Å². The van der Waals surface area contributed by atoms with Crippen molar-refractivity contribution in [3.63, 3.8) is 0 Å². The van der Waals surface area contributed by atoms with Gasteiger partial charge in [0.1, 0.15) is 11.2 Å². The number of furan rings is 1. The van der Waals surface area contributed by atoms with Gasteiger partial charge in [-0.1, -0.05) is 103 Å². The van der Waals surface area contributed by atoms with Crippen LogP contribution in [0.3, 0.4) is 0 Å². The van der Waals surface area contributed by atoms with Crippen molar-refractivity contribution in [2.24, 2.45) is 0 Å². The SMILES string of the molecule is c1ccc2c(c1)oc1cccc(-c3nc(-n4c5ccccc5c5c6c7cccc8c9ccccc9n(c6ccc54)c87)nc4c3sc3ccccc34)c12. The number of hydrogen-bond donors (Lipinski definition) is 0.